The molecule has 4 aliphatic rings. The molecule has 2 aromatic rings. The molecule has 6 rings (SSSR count). The third kappa shape index (κ3) is 7.94. The molecule has 0 radical (unpaired) electrons. The molecule has 0 bridgehead atoms. The van der Waals surface area contributed by atoms with Crippen LogP contribution in [0.25, 0.3) is 0 Å². The fraction of sp³-hybridized carbons (Fsp3) is 0.660. The standard InChI is InChI=1S/C47H60F6O8/c1-27(2)18-21-37(61-41(57)45(59-7,47(51,52)53)30-16-12-9-13-17-30)28(3)38-35(54)25-34-33-20-19-31-24-32(22-23-42(31,4)39(33)36(55)26-43(34,38)5)60-40(56)44(58-6,46(48,49)50)29-14-10-8-11-15-29/h8-17,19,27-28,32-39,54-55H,18,20-26H2,1-7H3/t28-,32+,33+,34+,35+,36+,37+,38+,39-,42+,43+,44?,45?/m1/s1. The smallest absolute Gasteiger partial charge is 0.432 e. The quantitative estimate of drug-likeness (QED) is 0.116. The number of carbonyl (C=O) groups is 2. The minimum Gasteiger partial charge on any atom is -0.459 e. The van der Waals surface area contributed by atoms with Crippen LogP contribution in [0.3, 0.4) is 0 Å². The summed E-state index contributed by atoms with van der Waals surface area (Å²) in [5.41, 5.74) is -7.90. The van der Waals surface area contributed by atoms with Crippen molar-refractivity contribution in [2.24, 2.45) is 46.3 Å². The van der Waals surface area contributed by atoms with Gasteiger partial charge in [-0.05, 0) is 91.3 Å². The fourth-order valence-corrected chi connectivity index (χ4v) is 12.3. The number of ether oxygens (including phenoxy) is 4. The maximum atomic E-state index is 15.0. The number of methoxy groups -OCH3 is 2. The molecule has 3 fully saturated rings. The zero-order valence-corrected chi connectivity index (χ0v) is 35.9. The van der Waals surface area contributed by atoms with Crippen molar-refractivity contribution in [2.75, 3.05) is 14.2 Å². The van der Waals surface area contributed by atoms with Crippen molar-refractivity contribution in [3.8, 4) is 0 Å². The molecule has 338 valence electrons. The molecule has 0 amide bonds. The van der Waals surface area contributed by atoms with Gasteiger partial charge in [-0.25, -0.2) is 9.59 Å². The van der Waals surface area contributed by atoms with Crippen molar-refractivity contribution in [3.63, 3.8) is 0 Å². The molecule has 3 saturated carbocycles. The van der Waals surface area contributed by atoms with Crippen LogP contribution in [-0.2, 0) is 39.7 Å². The van der Waals surface area contributed by atoms with E-state index in [-0.39, 0.29) is 49.4 Å². The van der Waals surface area contributed by atoms with Gasteiger partial charge in [0.2, 0.25) is 0 Å². The Kier molecular flexibility index (Phi) is 13.3. The Hall–Kier alpha value is -3.46. The SMILES string of the molecule is COC(C(=O)O[C@H]1CC[C@@]2(C)C(=CC[C@@H]3[C@@H]2[C@@H](O)C[C@]2(C)[C@@H]([C@H](C)[C@H](CCC(C)C)OC(=O)C(OC)(c4ccccc4)C(F)(F)F)[C@@H](O)C[C@@H]32)C1)(c1ccccc1)C(F)(F)F. The van der Waals surface area contributed by atoms with Gasteiger partial charge in [0, 0.05) is 31.8 Å². The first-order valence-electron chi connectivity index (χ1n) is 21.4. The highest BCUT2D eigenvalue weighted by atomic mass is 19.4. The molecular weight excluding hydrogens is 806 g/mol. The largest absolute Gasteiger partial charge is 0.459 e. The van der Waals surface area contributed by atoms with Crippen LogP contribution in [-0.4, -0.2) is 73.1 Å². The number of carbonyl (C=O) groups excluding carboxylic acids is 2. The Labute approximate surface area is 354 Å². The predicted octanol–water partition coefficient (Wildman–Crippen LogP) is 9.61. The Morgan fingerprint density at radius 2 is 1.34 bits per heavy atom. The number of aliphatic hydroxyl groups excluding tert-OH is 2. The highest BCUT2D eigenvalue weighted by Gasteiger charge is 2.68. The van der Waals surface area contributed by atoms with Gasteiger partial charge in [-0.2, -0.15) is 26.3 Å². The van der Waals surface area contributed by atoms with Crippen LogP contribution in [0, 0.1) is 46.3 Å². The van der Waals surface area contributed by atoms with Crippen molar-refractivity contribution < 1.29 is 65.1 Å². The van der Waals surface area contributed by atoms with Gasteiger partial charge in [0.25, 0.3) is 11.2 Å². The highest BCUT2D eigenvalue weighted by Crippen LogP contribution is 2.67. The molecule has 0 aromatic heterocycles. The minimum absolute atomic E-state index is 0.112. The number of allylic oxidation sites excluding steroid dienone is 1. The Morgan fingerprint density at radius 1 is 0.803 bits per heavy atom. The van der Waals surface area contributed by atoms with Gasteiger partial charge < -0.3 is 29.2 Å². The molecule has 0 aliphatic heterocycles. The molecule has 14 heteroatoms. The number of alkyl halides is 6. The lowest BCUT2D eigenvalue weighted by Crippen LogP contribution is -2.58. The molecule has 61 heavy (non-hydrogen) atoms. The summed E-state index contributed by atoms with van der Waals surface area (Å²) < 4.78 is 110. The number of hydrogen-bond donors (Lipinski definition) is 2. The molecule has 2 unspecified atom stereocenters. The van der Waals surface area contributed by atoms with E-state index in [0.717, 1.165) is 19.8 Å². The average molecular weight is 867 g/mol. The van der Waals surface area contributed by atoms with Gasteiger partial charge in [0.15, 0.2) is 0 Å². The van der Waals surface area contributed by atoms with Crippen LogP contribution >= 0.6 is 0 Å². The lowest BCUT2D eigenvalue weighted by Gasteiger charge is -2.60. The summed E-state index contributed by atoms with van der Waals surface area (Å²) in [6.45, 7) is 9.79. The summed E-state index contributed by atoms with van der Waals surface area (Å²) >= 11 is 0. The second-order valence-electron chi connectivity index (χ2n) is 18.8. The number of benzene rings is 2. The topological polar surface area (TPSA) is 112 Å². The van der Waals surface area contributed by atoms with Crippen LogP contribution in [0.4, 0.5) is 26.3 Å². The summed E-state index contributed by atoms with van der Waals surface area (Å²) in [4.78, 5) is 27.5. The van der Waals surface area contributed by atoms with Crippen LogP contribution in [0.5, 0.6) is 0 Å². The molecule has 8 nitrogen and oxygen atoms in total. The minimum atomic E-state index is -5.16. The van der Waals surface area contributed by atoms with Crippen molar-refractivity contribution in [3.05, 3.63) is 83.4 Å². The third-order valence-electron chi connectivity index (χ3n) is 15.2. The molecule has 2 aromatic carbocycles. The first-order valence-corrected chi connectivity index (χ1v) is 21.4. The maximum Gasteiger partial charge on any atom is 0.432 e. The van der Waals surface area contributed by atoms with Crippen LogP contribution in [0.1, 0.15) is 97.1 Å². The zero-order valence-electron chi connectivity index (χ0n) is 35.9. The second-order valence-corrected chi connectivity index (χ2v) is 18.8. The summed E-state index contributed by atoms with van der Waals surface area (Å²) in [7, 11) is 1.66. The van der Waals surface area contributed by atoms with E-state index in [9.17, 15) is 46.1 Å². The maximum absolute atomic E-state index is 15.0. The van der Waals surface area contributed by atoms with E-state index in [4.69, 9.17) is 18.9 Å². The molecule has 2 N–H and O–H groups in total. The third-order valence-corrected chi connectivity index (χ3v) is 15.2. The number of esters is 2. The van der Waals surface area contributed by atoms with E-state index in [2.05, 4.69) is 0 Å². The summed E-state index contributed by atoms with van der Waals surface area (Å²) in [5, 5.41) is 24.2. The van der Waals surface area contributed by atoms with Gasteiger partial charge in [-0.3, -0.25) is 0 Å². The average Bonchev–Trinajstić information content (AvgIpc) is 3.45. The highest BCUT2D eigenvalue weighted by molar-refractivity contribution is 5.83. The molecule has 0 heterocycles. The van der Waals surface area contributed by atoms with E-state index < -0.39 is 93.7 Å². The van der Waals surface area contributed by atoms with Crippen LogP contribution in [0.2, 0.25) is 0 Å². The first-order chi connectivity index (χ1) is 28.5. The van der Waals surface area contributed by atoms with Crippen molar-refractivity contribution in [2.45, 2.75) is 134 Å². The van der Waals surface area contributed by atoms with Crippen molar-refractivity contribution in [1.29, 1.82) is 0 Å². The number of halogens is 6. The van der Waals surface area contributed by atoms with Gasteiger partial charge in [0.05, 0.1) is 12.2 Å². The van der Waals surface area contributed by atoms with Gasteiger partial charge >= 0.3 is 24.3 Å². The molecular formula is C47H60F6O8. The molecule has 0 saturated heterocycles. The van der Waals surface area contributed by atoms with Gasteiger partial charge in [-0.1, -0.05) is 107 Å². The van der Waals surface area contributed by atoms with Crippen LogP contribution in [0.15, 0.2) is 72.3 Å². The van der Waals surface area contributed by atoms with Crippen LogP contribution < -0.4 is 0 Å². The summed E-state index contributed by atoms with van der Waals surface area (Å²) in [6, 6.07) is 13.3. The zero-order chi connectivity index (χ0) is 44.9. The van der Waals surface area contributed by atoms with E-state index in [1.807, 2.05) is 33.8 Å². The molecule has 4 aliphatic carbocycles. The summed E-state index contributed by atoms with van der Waals surface area (Å²) in [5.74, 6) is -4.68. The monoisotopic (exact) mass is 866 g/mol. The first kappa shape index (κ1) is 47.0. The van der Waals surface area contributed by atoms with E-state index in [0.29, 0.717) is 25.7 Å². The lowest BCUT2D eigenvalue weighted by molar-refractivity contribution is -0.280. The van der Waals surface area contributed by atoms with Crippen molar-refractivity contribution in [1.82, 2.24) is 0 Å². The summed E-state index contributed by atoms with van der Waals surface area (Å²) in [6.07, 6.45) is -9.13. The Balaban J connectivity index is 1.25. The molecule has 13 atom stereocenters. The number of hydrogen-bond acceptors (Lipinski definition) is 8. The van der Waals surface area contributed by atoms with E-state index in [1.165, 1.54) is 60.7 Å². The Morgan fingerprint density at radius 3 is 1.85 bits per heavy atom. The normalized spacial score (nSPS) is 33.2. The number of aliphatic hydroxyl groups is 2. The second kappa shape index (κ2) is 17.3. The van der Waals surface area contributed by atoms with Crippen molar-refractivity contribution >= 4 is 11.9 Å². The van der Waals surface area contributed by atoms with Gasteiger partial charge in [0.1, 0.15) is 12.2 Å². The predicted molar refractivity (Wildman–Crippen MR) is 213 cm³/mol. The van der Waals surface area contributed by atoms with E-state index >= 15 is 0 Å². The fourth-order valence-electron chi connectivity index (χ4n) is 12.3. The lowest BCUT2D eigenvalue weighted by atomic mass is 9.46. The van der Waals surface area contributed by atoms with Gasteiger partial charge in [-0.15, -0.1) is 0 Å². The van der Waals surface area contributed by atoms with E-state index in [1.54, 1.807) is 6.92 Å². The molecule has 0 spiro atoms. The number of rotatable bonds is 13. The Bertz CT molecular complexity index is 1890. The number of fused-ring (bicyclic) bond motifs is 5.